The molecule has 0 aromatic heterocycles. The predicted octanol–water partition coefficient (Wildman–Crippen LogP) is 4.84. The van der Waals surface area contributed by atoms with Crippen molar-refractivity contribution in [1.82, 2.24) is 0 Å². The van der Waals surface area contributed by atoms with Crippen molar-refractivity contribution in [3.05, 3.63) is 59.7 Å². The van der Waals surface area contributed by atoms with E-state index >= 15 is 0 Å². The molecule has 0 radical (unpaired) electrons. The van der Waals surface area contributed by atoms with Crippen LogP contribution in [0.3, 0.4) is 0 Å². The van der Waals surface area contributed by atoms with Crippen LogP contribution in [0.15, 0.2) is 54.1 Å². The van der Waals surface area contributed by atoms with Crippen LogP contribution >= 0.6 is 23.2 Å². The Labute approximate surface area is 101 Å². The molecule has 0 fully saturated rings. The van der Waals surface area contributed by atoms with Gasteiger partial charge in [-0.05, 0) is 25.0 Å². The molecule has 0 amide bonds. The van der Waals surface area contributed by atoms with Gasteiger partial charge in [0.1, 0.15) is 0 Å². The number of halogens is 2. The van der Waals surface area contributed by atoms with E-state index in [1.807, 2.05) is 62.4 Å². The molecule has 1 rings (SSSR count). The van der Waals surface area contributed by atoms with Crippen LogP contribution in [0.1, 0.15) is 19.4 Å². The van der Waals surface area contributed by atoms with E-state index in [4.69, 9.17) is 23.2 Å². The molecule has 0 nitrogen and oxygen atoms in total. The van der Waals surface area contributed by atoms with Crippen LogP contribution in [0.2, 0.25) is 0 Å². The largest absolute Gasteiger partial charge is 0.167 e. The molecule has 0 saturated carbocycles. The van der Waals surface area contributed by atoms with Crippen LogP contribution in [-0.4, -0.2) is 0 Å². The minimum absolute atomic E-state index is 0.888. The lowest BCUT2D eigenvalue weighted by Crippen LogP contribution is -2.12. The zero-order valence-corrected chi connectivity index (χ0v) is 10.4. The van der Waals surface area contributed by atoms with Gasteiger partial charge in [-0.15, -0.1) is 0 Å². The van der Waals surface area contributed by atoms with Gasteiger partial charge in [-0.1, -0.05) is 71.8 Å². The summed E-state index contributed by atoms with van der Waals surface area (Å²) in [5.74, 6) is 0. The third kappa shape index (κ3) is 2.87. The van der Waals surface area contributed by atoms with Gasteiger partial charge in [0.15, 0.2) is 4.33 Å². The van der Waals surface area contributed by atoms with Crippen molar-refractivity contribution in [2.24, 2.45) is 0 Å². The van der Waals surface area contributed by atoms with Gasteiger partial charge in [-0.2, -0.15) is 0 Å². The molecule has 0 spiro atoms. The first-order chi connectivity index (χ1) is 7.12. The first-order valence-corrected chi connectivity index (χ1v) is 5.61. The van der Waals surface area contributed by atoms with Gasteiger partial charge in [-0.25, -0.2) is 0 Å². The van der Waals surface area contributed by atoms with Gasteiger partial charge >= 0.3 is 0 Å². The number of allylic oxidation sites excluding steroid dienone is 4. The first kappa shape index (κ1) is 12.4. The first-order valence-electron chi connectivity index (χ1n) is 4.85. The van der Waals surface area contributed by atoms with Gasteiger partial charge in [0, 0.05) is 0 Å². The summed E-state index contributed by atoms with van der Waals surface area (Å²) in [5.41, 5.74) is 1.78. The van der Waals surface area contributed by atoms with E-state index in [0.29, 0.717) is 0 Å². The fraction of sp³-hybridized carbons (Fsp3) is 0.231. The minimum Gasteiger partial charge on any atom is -0.0909 e. The highest BCUT2D eigenvalue weighted by Crippen LogP contribution is 2.41. The molecule has 15 heavy (non-hydrogen) atoms. The summed E-state index contributed by atoms with van der Waals surface area (Å²) < 4.78 is -0.970. The Bertz CT molecular complexity index is 361. The van der Waals surface area contributed by atoms with Crippen LogP contribution in [-0.2, 0) is 4.33 Å². The number of benzene rings is 1. The fourth-order valence-electron chi connectivity index (χ4n) is 1.38. The Balaban J connectivity index is 3.12. The molecule has 0 N–H and O–H groups in total. The zero-order chi connectivity index (χ0) is 11.3. The highest BCUT2D eigenvalue weighted by molar-refractivity contribution is 6.50. The minimum atomic E-state index is -0.970. The van der Waals surface area contributed by atoms with Gasteiger partial charge in [0.25, 0.3) is 0 Å². The van der Waals surface area contributed by atoms with Crippen LogP contribution in [0.4, 0.5) is 0 Å². The van der Waals surface area contributed by atoms with E-state index in [1.54, 1.807) is 0 Å². The molecule has 0 unspecified atom stereocenters. The molecule has 1 aromatic carbocycles. The molecule has 0 bridgehead atoms. The van der Waals surface area contributed by atoms with E-state index in [-0.39, 0.29) is 0 Å². The Hall–Kier alpha value is -0.720. The molecular weight excluding hydrogens is 227 g/mol. The highest BCUT2D eigenvalue weighted by atomic mass is 35.5. The molecule has 0 heterocycles. The SMILES string of the molecule is C/C=C\C(=C/C)C(Cl)(Cl)c1ccccc1. The number of hydrogen-bond donors (Lipinski definition) is 0. The van der Waals surface area contributed by atoms with Crippen LogP contribution in [0.25, 0.3) is 0 Å². The van der Waals surface area contributed by atoms with Crippen molar-refractivity contribution in [2.75, 3.05) is 0 Å². The van der Waals surface area contributed by atoms with Crippen molar-refractivity contribution in [1.29, 1.82) is 0 Å². The van der Waals surface area contributed by atoms with E-state index < -0.39 is 4.33 Å². The van der Waals surface area contributed by atoms with Crippen molar-refractivity contribution in [3.8, 4) is 0 Å². The average molecular weight is 241 g/mol. The fourth-order valence-corrected chi connectivity index (χ4v) is 1.97. The zero-order valence-electron chi connectivity index (χ0n) is 8.87. The number of alkyl halides is 2. The van der Waals surface area contributed by atoms with Gasteiger partial charge in [0.05, 0.1) is 0 Å². The van der Waals surface area contributed by atoms with E-state index in [1.165, 1.54) is 0 Å². The standard InChI is InChI=1S/C13H14Cl2/c1-3-8-11(4-2)13(14,15)12-9-6-5-7-10-12/h3-10H,1-2H3/b8-3-,11-4+. The lowest BCUT2D eigenvalue weighted by Gasteiger charge is -2.21. The highest BCUT2D eigenvalue weighted by Gasteiger charge is 2.28. The van der Waals surface area contributed by atoms with Crippen molar-refractivity contribution in [3.63, 3.8) is 0 Å². The monoisotopic (exact) mass is 240 g/mol. The number of rotatable bonds is 3. The Morgan fingerprint density at radius 3 is 2.20 bits per heavy atom. The van der Waals surface area contributed by atoms with Crippen molar-refractivity contribution < 1.29 is 0 Å². The van der Waals surface area contributed by atoms with E-state index in [0.717, 1.165) is 11.1 Å². The van der Waals surface area contributed by atoms with Gasteiger partial charge < -0.3 is 0 Å². The second-order valence-corrected chi connectivity index (χ2v) is 4.51. The summed E-state index contributed by atoms with van der Waals surface area (Å²) in [7, 11) is 0. The maximum atomic E-state index is 6.35. The quantitative estimate of drug-likeness (QED) is 0.524. The topological polar surface area (TPSA) is 0 Å². The summed E-state index contributed by atoms with van der Waals surface area (Å²) in [6.07, 6.45) is 5.78. The summed E-state index contributed by atoms with van der Waals surface area (Å²) in [6, 6.07) is 9.65. The lowest BCUT2D eigenvalue weighted by atomic mass is 10.0. The third-order valence-electron chi connectivity index (χ3n) is 2.16. The summed E-state index contributed by atoms with van der Waals surface area (Å²) in [4.78, 5) is 0. The lowest BCUT2D eigenvalue weighted by molar-refractivity contribution is 1.03. The number of hydrogen-bond acceptors (Lipinski definition) is 0. The van der Waals surface area contributed by atoms with E-state index in [2.05, 4.69) is 0 Å². The molecule has 1 aromatic rings. The molecule has 80 valence electrons. The van der Waals surface area contributed by atoms with E-state index in [9.17, 15) is 0 Å². The Kier molecular flexibility index (Phi) is 4.44. The predicted molar refractivity (Wildman–Crippen MR) is 68.4 cm³/mol. The average Bonchev–Trinajstić information content (AvgIpc) is 2.27. The Morgan fingerprint density at radius 2 is 1.73 bits per heavy atom. The van der Waals surface area contributed by atoms with Crippen LogP contribution < -0.4 is 0 Å². The molecular formula is C13H14Cl2. The molecule has 0 aliphatic carbocycles. The summed E-state index contributed by atoms with van der Waals surface area (Å²) in [5, 5.41) is 0. The molecule has 0 atom stereocenters. The second-order valence-electron chi connectivity index (χ2n) is 3.18. The maximum absolute atomic E-state index is 6.35. The van der Waals surface area contributed by atoms with Gasteiger partial charge in [-0.3, -0.25) is 0 Å². The smallest absolute Gasteiger partial charge is 0.0909 e. The van der Waals surface area contributed by atoms with Crippen molar-refractivity contribution in [2.45, 2.75) is 18.2 Å². The summed E-state index contributed by atoms with van der Waals surface area (Å²) >= 11 is 12.7. The van der Waals surface area contributed by atoms with Crippen LogP contribution in [0.5, 0.6) is 0 Å². The molecule has 0 saturated heterocycles. The molecule has 2 heteroatoms. The maximum Gasteiger partial charge on any atom is 0.167 e. The van der Waals surface area contributed by atoms with Crippen molar-refractivity contribution >= 4 is 23.2 Å². The third-order valence-corrected chi connectivity index (χ3v) is 3.03. The summed E-state index contributed by atoms with van der Waals surface area (Å²) in [6.45, 7) is 3.87. The molecule has 0 aliphatic rings. The molecule has 0 aliphatic heterocycles. The van der Waals surface area contributed by atoms with Crippen LogP contribution in [0, 0.1) is 0 Å². The van der Waals surface area contributed by atoms with Gasteiger partial charge in [0.2, 0.25) is 0 Å². The normalized spacial score (nSPS) is 13.5. The Morgan fingerprint density at radius 1 is 1.13 bits per heavy atom. The second kappa shape index (κ2) is 5.39.